The zero-order valence-electron chi connectivity index (χ0n) is 19.4. The third-order valence-electron chi connectivity index (χ3n) is 5.66. The second kappa shape index (κ2) is 13.7. The van der Waals surface area contributed by atoms with E-state index in [0.29, 0.717) is 30.7 Å². The number of H-pyrrole nitrogens is 1. The fourth-order valence-corrected chi connectivity index (χ4v) is 4.27. The first-order valence-corrected chi connectivity index (χ1v) is 12.6. The number of imidazole rings is 1. The molecule has 0 spiro atoms. The van der Waals surface area contributed by atoms with Crippen molar-refractivity contribution < 1.29 is 34.2 Å². The monoisotopic (exact) mass is 512 g/mol. The Labute approximate surface area is 206 Å². The lowest BCUT2D eigenvalue weighted by Crippen LogP contribution is -2.57. The predicted molar refractivity (Wildman–Crippen MR) is 126 cm³/mol. The molecule has 1 aromatic rings. The number of carbonyl (C=O) groups excluding carboxylic acids is 3. The standard InChI is InChI=1S/C21H32N6O7S/c1-35-8-6-14(25-18(30)13(22)9-12-10-23-11-24-12)20(32)27-7-2-3-16(27)19(31)26-15(21(33)34)4-5-17(28)29/h10-11,13-16H,2-9,22H2,1H3,(H,23,24)(H,25,30)(H,26,31)(H,28,29)(H,33,34). The van der Waals surface area contributed by atoms with E-state index in [1.54, 1.807) is 6.20 Å². The lowest BCUT2D eigenvalue weighted by molar-refractivity contribution is -0.145. The van der Waals surface area contributed by atoms with Crippen LogP contribution in [0.4, 0.5) is 0 Å². The number of aromatic nitrogens is 2. The van der Waals surface area contributed by atoms with Gasteiger partial charge in [-0.05, 0) is 37.7 Å². The van der Waals surface area contributed by atoms with Gasteiger partial charge in [0.05, 0.1) is 12.4 Å². The molecule has 35 heavy (non-hydrogen) atoms. The van der Waals surface area contributed by atoms with Gasteiger partial charge in [-0.2, -0.15) is 11.8 Å². The Morgan fingerprint density at radius 2 is 1.97 bits per heavy atom. The second-order valence-electron chi connectivity index (χ2n) is 8.25. The van der Waals surface area contributed by atoms with Gasteiger partial charge in [-0.3, -0.25) is 19.2 Å². The number of carboxylic acid groups (broad SMARTS) is 2. The molecule has 0 aromatic carbocycles. The first-order valence-electron chi connectivity index (χ1n) is 11.2. The quantitative estimate of drug-likeness (QED) is 0.178. The van der Waals surface area contributed by atoms with Gasteiger partial charge in [-0.1, -0.05) is 0 Å². The molecule has 1 saturated heterocycles. The van der Waals surface area contributed by atoms with Crippen LogP contribution in [0.3, 0.4) is 0 Å². The summed E-state index contributed by atoms with van der Waals surface area (Å²) in [5.74, 6) is -3.59. The van der Waals surface area contributed by atoms with Crippen LogP contribution in [0.25, 0.3) is 0 Å². The molecule has 0 saturated carbocycles. The largest absolute Gasteiger partial charge is 0.481 e. The average Bonchev–Trinajstić information content (AvgIpc) is 3.50. The van der Waals surface area contributed by atoms with E-state index >= 15 is 0 Å². The SMILES string of the molecule is CSCCC(NC(=O)C(N)Cc1cnc[nH]1)C(=O)N1CCCC1C(=O)NC(CCC(=O)O)C(=O)O. The van der Waals surface area contributed by atoms with Crippen molar-refractivity contribution in [3.05, 3.63) is 18.2 Å². The van der Waals surface area contributed by atoms with Crippen LogP contribution >= 0.6 is 11.8 Å². The number of amides is 3. The van der Waals surface area contributed by atoms with E-state index in [1.807, 2.05) is 6.26 Å². The number of aliphatic carboxylic acids is 2. The zero-order valence-corrected chi connectivity index (χ0v) is 20.3. The molecule has 2 rings (SSSR count). The van der Waals surface area contributed by atoms with Gasteiger partial charge in [0.2, 0.25) is 17.7 Å². The molecular weight excluding hydrogens is 480 g/mol. The number of rotatable bonds is 14. The molecule has 1 aliphatic heterocycles. The van der Waals surface area contributed by atoms with Crippen molar-refractivity contribution in [3.63, 3.8) is 0 Å². The molecular formula is C21H32N6O7S. The minimum Gasteiger partial charge on any atom is -0.481 e. The zero-order chi connectivity index (χ0) is 26.0. The number of nitrogens with two attached hydrogens (primary N) is 1. The summed E-state index contributed by atoms with van der Waals surface area (Å²) >= 11 is 1.50. The number of carboxylic acids is 2. The van der Waals surface area contributed by atoms with Crippen LogP contribution < -0.4 is 16.4 Å². The minimum absolute atomic E-state index is 0.205. The van der Waals surface area contributed by atoms with Gasteiger partial charge in [0.25, 0.3) is 0 Å². The first-order chi connectivity index (χ1) is 16.6. The fourth-order valence-electron chi connectivity index (χ4n) is 3.79. The number of hydrogen-bond acceptors (Lipinski definition) is 8. The Bertz CT molecular complexity index is 897. The van der Waals surface area contributed by atoms with Crippen LogP contribution in [-0.4, -0.2) is 97.5 Å². The summed E-state index contributed by atoms with van der Waals surface area (Å²) in [7, 11) is 0. The summed E-state index contributed by atoms with van der Waals surface area (Å²) in [5, 5.41) is 23.2. The van der Waals surface area contributed by atoms with Gasteiger partial charge in [-0.25, -0.2) is 9.78 Å². The van der Waals surface area contributed by atoms with Crippen LogP contribution in [0.5, 0.6) is 0 Å². The summed E-state index contributed by atoms with van der Waals surface area (Å²) in [6.45, 7) is 0.273. The summed E-state index contributed by atoms with van der Waals surface area (Å²) in [4.78, 5) is 69.2. The highest BCUT2D eigenvalue weighted by Crippen LogP contribution is 2.20. The van der Waals surface area contributed by atoms with E-state index in [1.165, 1.54) is 23.0 Å². The van der Waals surface area contributed by atoms with Crippen LogP contribution in [-0.2, 0) is 30.4 Å². The van der Waals surface area contributed by atoms with Gasteiger partial charge >= 0.3 is 11.9 Å². The summed E-state index contributed by atoms with van der Waals surface area (Å²) in [5.41, 5.74) is 6.67. The molecule has 3 amide bonds. The number of thioether (sulfide) groups is 1. The van der Waals surface area contributed by atoms with E-state index in [2.05, 4.69) is 20.6 Å². The predicted octanol–water partition coefficient (Wildman–Crippen LogP) is -1.06. The maximum atomic E-state index is 13.3. The molecule has 0 bridgehead atoms. The fraction of sp³-hybridized carbons (Fsp3) is 0.619. The highest BCUT2D eigenvalue weighted by atomic mass is 32.2. The molecule has 1 fully saturated rings. The first kappa shape index (κ1) is 28.1. The number of carbonyl (C=O) groups is 5. The van der Waals surface area contributed by atoms with Gasteiger partial charge in [0, 0.05) is 31.3 Å². The molecule has 7 N–H and O–H groups in total. The van der Waals surface area contributed by atoms with E-state index in [9.17, 15) is 29.1 Å². The van der Waals surface area contributed by atoms with Crippen molar-refractivity contribution in [2.75, 3.05) is 18.6 Å². The lowest BCUT2D eigenvalue weighted by atomic mass is 10.1. The van der Waals surface area contributed by atoms with Crippen LogP contribution in [0.1, 0.15) is 37.8 Å². The minimum atomic E-state index is -1.39. The Balaban J connectivity index is 2.06. The Morgan fingerprint density at radius 3 is 2.57 bits per heavy atom. The summed E-state index contributed by atoms with van der Waals surface area (Å²) in [6.07, 6.45) is 5.56. The summed E-state index contributed by atoms with van der Waals surface area (Å²) in [6, 6.07) is -4.12. The molecule has 0 aliphatic carbocycles. The topological polar surface area (TPSA) is 208 Å². The van der Waals surface area contributed by atoms with Crippen LogP contribution in [0.2, 0.25) is 0 Å². The van der Waals surface area contributed by atoms with E-state index in [0.717, 1.165) is 0 Å². The van der Waals surface area contributed by atoms with Crippen LogP contribution in [0.15, 0.2) is 12.5 Å². The third kappa shape index (κ3) is 8.55. The van der Waals surface area contributed by atoms with Crippen molar-refractivity contribution in [3.8, 4) is 0 Å². The average molecular weight is 513 g/mol. The van der Waals surface area contributed by atoms with E-state index < -0.39 is 60.2 Å². The Hall–Kier alpha value is -3.13. The maximum absolute atomic E-state index is 13.3. The van der Waals surface area contributed by atoms with Crippen molar-refractivity contribution in [1.82, 2.24) is 25.5 Å². The van der Waals surface area contributed by atoms with Gasteiger partial charge < -0.3 is 36.5 Å². The van der Waals surface area contributed by atoms with Crippen LogP contribution in [0, 0.1) is 0 Å². The number of nitrogens with zero attached hydrogens (tertiary/aromatic N) is 2. The third-order valence-corrected chi connectivity index (χ3v) is 6.30. The highest BCUT2D eigenvalue weighted by Gasteiger charge is 2.39. The second-order valence-corrected chi connectivity index (χ2v) is 9.24. The molecule has 2 heterocycles. The van der Waals surface area contributed by atoms with Crippen molar-refractivity contribution >= 4 is 41.4 Å². The van der Waals surface area contributed by atoms with Crippen molar-refractivity contribution in [1.29, 1.82) is 0 Å². The van der Waals surface area contributed by atoms with Gasteiger partial charge in [-0.15, -0.1) is 0 Å². The van der Waals surface area contributed by atoms with Crippen molar-refractivity contribution in [2.24, 2.45) is 5.73 Å². The van der Waals surface area contributed by atoms with Crippen molar-refractivity contribution in [2.45, 2.75) is 62.7 Å². The van der Waals surface area contributed by atoms with Gasteiger partial charge in [0.1, 0.15) is 18.1 Å². The smallest absolute Gasteiger partial charge is 0.326 e. The Morgan fingerprint density at radius 1 is 1.23 bits per heavy atom. The number of aromatic amines is 1. The number of nitrogens with one attached hydrogen (secondary N) is 3. The molecule has 194 valence electrons. The Kier molecular flexibility index (Phi) is 11.0. The normalized spacial score (nSPS) is 17.9. The van der Waals surface area contributed by atoms with E-state index in [-0.39, 0.29) is 19.4 Å². The summed E-state index contributed by atoms with van der Waals surface area (Å²) < 4.78 is 0. The molecule has 4 unspecified atom stereocenters. The molecule has 1 aromatic heterocycles. The molecule has 13 nitrogen and oxygen atoms in total. The van der Waals surface area contributed by atoms with E-state index in [4.69, 9.17) is 10.8 Å². The molecule has 0 radical (unpaired) electrons. The highest BCUT2D eigenvalue weighted by molar-refractivity contribution is 7.98. The maximum Gasteiger partial charge on any atom is 0.326 e. The number of likely N-dealkylation sites (tertiary alicyclic amines) is 1. The molecule has 4 atom stereocenters. The lowest BCUT2D eigenvalue weighted by Gasteiger charge is -2.30. The van der Waals surface area contributed by atoms with Gasteiger partial charge in [0.15, 0.2) is 0 Å². The molecule has 14 heteroatoms. The molecule has 1 aliphatic rings. The number of hydrogen-bond donors (Lipinski definition) is 6.